The number of amides is 1. The van der Waals surface area contributed by atoms with Crippen molar-refractivity contribution in [3.05, 3.63) is 0 Å². The molecule has 0 saturated carbocycles. The zero-order chi connectivity index (χ0) is 10.2. The van der Waals surface area contributed by atoms with Gasteiger partial charge >= 0.3 is 0 Å². The van der Waals surface area contributed by atoms with Crippen LogP contribution in [-0.2, 0) is 4.79 Å². The molecule has 0 bridgehead atoms. The molecule has 1 aliphatic rings. The highest BCUT2D eigenvalue weighted by molar-refractivity contribution is 5.85. The first-order valence-corrected chi connectivity index (χ1v) is 5.76. The van der Waals surface area contributed by atoms with E-state index in [-0.39, 0.29) is 18.3 Å². The number of rotatable bonds is 5. The van der Waals surface area contributed by atoms with Gasteiger partial charge in [0, 0.05) is 13.5 Å². The largest absolute Gasteiger partial charge is 0.356 e. The molecule has 0 atom stereocenters. The fraction of sp³-hybridized carbons (Fsp3) is 0.909. The number of hydrogen-bond acceptors (Lipinski definition) is 2. The summed E-state index contributed by atoms with van der Waals surface area (Å²) < 4.78 is 0. The van der Waals surface area contributed by atoms with Crippen molar-refractivity contribution in [2.45, 2.75) is 39.0 Å². The summed E-state index contributed by atoms with van der Waals surface area (Å²) in [6.45, 7) is 6.17. The summed E-state index contributed by atoms with van der Waals surface area (Å²) in [5.74, 6) is 0.0861. The molecule has 3 nitrogen and oxygen atoms in total. The monoisotopic (exact) mass is 234 g/mol. The highest BCUT2D eigenvalue weighted by Crippen LogP contribution is 2.08. The molecule has 90 valence electrons. The van der Waals surface area contributed by atoms with Gasteiger partial charge in [0.05, 0.1) is 0 Å². The Morgan fingerprint density at radius 1 is 1.20 bits per heavy atom. The van der Waals surface area contributed by atoms with Gasteiger partial charge in [0.15, 0.2) is 0 Å². The highest BCUT2D eigenvalue weighted by atomic mass is 35.5. The number of nitrogens with zero attached hydrogens (tertiary/aromatic N) is 1. The number of likely N-dealkylation sites (tertiary alicyclic amines) is 1. The topological polar surface area (TPSA) is 32.3 Å². The lowest BCUT2D eigenvalue weighted by Crippen LogP contribution is -2.31. The molecule has 0 aromatic carbocycles. The van der Waals surface area contributed by atoms with Crippen molar-refractivity contribution in [3.8, 4) is 0 Å². The second-order valence-electron chi connectivity index (χ2n) is 4.09. The van der Waals surface area contributed by atoms with E-state index in [1.807, 2.05) is 0 Å². The zero-order valence-electron chi connectivity index (χ0n) is 9.63. The van der Waals surface area contributed by atoms with E-state index < -0.39 is 0 Å². The molecule has 0 radical (unpaired) electrons. The lowest BCUT2D eigenvalue weighted by Gasteiger charge is -2.26. The molecule has 0 aromatic heterocycles. The molecule has 1 saturated heterocycles. The average Bonchev–Trinajstić information content (AvgIpc) is 2.18. The van der Waals surface area contributed by atoms with Gasteiger partial charge in [-0.05, 0) is 45.3 Å². The number of carbonyl (C=O) groups excluding carboxylic acids is 1. The first-order valence-electron chi connectivity index (χ1n) is 5.76. The van der Waals surface area contributed by atoms with Gasteiger partial charge < -0.3 is 10.2 Å². The highest BCUT2D eigenvalue weighted by Gasteiger charge is 2.08. The molecule has 1 rings (SSSR count). The number of halogens is 1. The van der Waals surface area contributed by atoms with E-state index in [9.17, 15) is 4.79 Å². The Morgan fingerprint density at radius 2 is 1.87 bits per heavy atom. The first-order chi connectivity index (χ1) is 6.79. The van der Waals surface area contributed by atoms with Crippen molar-refractivity contribution in [1.29, 1.82) is 0 Å². The van der Waals surface area contributed by atoms with Crippen LogP contribution < -0.4 is 5.32 Å². The second-order valence-corrected chi connectivity index (χ2v) is 4.09. The number of nitrogens with one attached hydrogen (secondary N) is 1. The van der Waals surface area contributed by atoms with Crippen LogP contribution in [0.2, 0.25) is 0 Å². The normalized spacial score (nSPS) is 16.9. The van der Waals surface area contributed by atoms with Gasteiger partial charge in [-0.25, -0.2) is 0 Å². The third-order valence-electron chi connectivity index (χ3n) is 2.72. The average molecular weight is 235 g/mol. The summed E-state index contributed by atoms with van der Waals surface area (Å²) in [4.78, 5) is 13.1. The van der Waals surface area contributed by atoms with E-state index in [2.05, 4.69) is 10.2 Å². The summed E-state index contributed by atoms with van der Waals surface area (Å²) in [7, 11) is 0. The quantitative estimate of drug-likeness (QED) is 0.736. The molecular formula is C11H23ClN2O. The number of carbonyl (C=O) groups is 1. The van der Waals surface area contributed by atoms with Crippen molar-refractivity contribution < 1.29 is 4.79 Å². The van der Waals surface area contributed by atoms with Crippen molar-refractivity contribution in [1.82, 2.24) is 10.2 Å². The second kappa shape index (κ2) is 8.98. The van der Waals surface area contributed by atoms with Gasteiger partial charge in [-0.2, -0.15) is 0 Å². The van der Waals surface area contributed by atoms with Crippen LogP contribution in [0.25, 0.3) is 0 Å². The summed E-state index contributed by atoms with van der Waals surface area (Å²) in [5.41, 5.74) is 0. The van der Waals surface area contributed by atoms with E-state index in [4.69, 9.17) is 0 Å². The lowest BCUT2D eigenvalue weighted by molar-refractivity contribution is -0.118. The first kappa shape index (κ1) is 14.7. The minimum atomic E-state index is 0. The van der Waals surface area contributed by atoms with Crippen LogP contribution in [0.15, 0.2) is 0 Å². The molecule has 0 spiro atoms. The molecule has 15 heavy (non-hydrogen) atoms. The molecule has 0 aliphatic carbocycles. The molecule has 1 N–H and O–H groups in total. The van der Waals surface area contributed by atoms with E-state index in [1.165, 1.54) is 45.3 Å². The third-order valence-corrected chi connectivity index (χ3v) is 2.72. The van der Waals surface area contributed by atoms with Gasteiger partial charge in [0.1, 0.15) is 0 Å². The Morgan fingerprint density at radius 3 is 2.47 bits per heavy atom. The predicted octanol–water partition coefficient (Wildman–Crippen LogP) is 1.81. The number of hydrogen-bond donors (Lipinski definition) is 1. The van der Waals surface area contributed by atoms with Gasteiger partial charge in [0.25, 0.3) is 0 Å². The van der Waals surface area contributed by atoms with E-state index in [0.717, 1.165) is 13.0 Å². The molecule has 1 heterocycles. The van der Waals surface area contributed by atoms with Crippen LogP contribution in [0.3, 0.4) is 0 Å². The Balaban J connectivity index is 0.00000196. The molecular weight excluding hydrogens is 212 g/mol. The number of piperidine rings is 1. The van der Waals surface area contributed by atoms with Crippen molar-refractivity contribution >= 4 is 18.3 Å². The van der Waals surface area contributed by atoms with Gasteiger partial charge in [0.2, 0.25) is 5.91 Å². The maximum Gasteiger partial charge on any atom is 0.216 e. The maximum atomic E-state index is 10.6. The van der Waals surface area contributed by atoms with E-state index in [1.54, 1.807) is 6.92 Å². The lowest BCUT2D eigenvalue weighted by atomic mass is 10.1. The summed E-state index contributed by atoms with van der Waals surface area (Å²) in [6, 6.07) is 0. The minimum Gasteiger partial charge on any atom is -0.356 e. The Bertz CT molecular complexity index is 170. The van der Waals surface area contributed by atoms with Gasteiger partial charge in [-0.15, -0.1) is 12.4 Å². The van der Waals surface area contributed by atoms with Crippen LogP contribution in [0.1, 0.15) is 39.0 Å². The Hall–Kier alpha value is -0.280. The zero-order valence-corrected chi connectivity index (χ0v) is 10.4. The fourth-order valence-electron chi connectivity index (χ4n) is 1.91. The van der Waals surface area contributed by atoms with Crippen molar-refractivity contribution in [2.75, 3.05) is 26.2 Å². The fourth-order valence-corrected chi connectivity index (χ4v) is 1.91. The standard InChI is InChI=1S/C11H22N2O.ClH/c1-11(14)12-7-3-6-10-13-8-4-2-5-9-13;/h2-10H2,1H3,(H,12,14);1H. The van der Waals surface area contributed by atoms with Crippen LogP contribution in [0.5, 0.6) is 0 Å². The molecule has 1 amide bonds. The molecule has 4 heteroatoms. The van der Waals surface area contributed by atoms with Crippen molar-refractivity contribution in [3.63, 3.8) is 0 Å². The Labute approximate surface area is 99.0 Å². The smallest absolute Gasteiger partial charge is 0.216 e. The van der Waals surface area contributed by atoms with Crippen LogP contribution >= 0.6 is 12.4 Å². The molecule has 0 aromatic rings. The van der Waals surface area contributed by atoms with Crippen LogP contribution in [-0.4, -0.2) is 37.0 Å². The summed E-state index contributed by atoms with van der Waals surface area (Å²) in [5, 5.41) is 2.83. The summed E-state index contributed by atoms with van der Waals surface area (Å²) >= 11 is 0. The SMILES string of the molecule is CC(=O)NCCCCN1CCCCC1.Cl. The predicted molar refractivity (Wildman–Crippen MR) is 65.5 cm³/mol. The third kappa shape index (κ3) is 7.63. The van der Waals surface area contributed by atoms with Crippen LogP contribution in [0.4, 0.5) is 0 Å². The van der Waals surface area contributed by atoms with Gasteiger partial charge in [-0.3, -0.25) is 4.79 Å². The minimum absolute atomic E-state index is 0. The van der Waals surface area contributed by atoms with Crippen LogP contribution in [0, 0.1) is 0 Å². The van der Waals surface area contributed by atoms with E-state index >= 15 is 0 Å². The molecule has 1 fully saturated rings. The molecule has 0 unspecified atom stereocenters. The maximum absolute atomic E-state index is 10.6. The Kier molecular flexibility index (Phi) is 8.82. The molecule has 1 aliphatic heterocycles. The van der Waals surface area contributed by atoms with Gasteiger partial charge in [-0.1, -0.05) is 6.42 Å². The van der Waals surface area contributed by atoms with E-state index in [0.29, 0.717) is 0 Å². The van der Waals surface area contributed by atoms with Crippen molar-refractivity contribution in [2.24, 2.45) is 0 Å². The number of unbranched alkanes of at least 4 members (excludes halogenated alkanes) is 1. The summed E-state index contributed by atoms with van der Waals surface area (Å²) in [6.07, 6.45) is 6.45.